The monoisotopic (exact) mass is 519 g/mol. The molecule has 3 aromatic rings. The molecule has 0 spiro atoms. The number of ether oxygens (including phenoxy) is 1. The van der Waals surface area contributed by atoms with Gasteiger partial charge in [-0.3, -0.25) is 0 Å². The molecular weight excluding hydrogens is 504 g/mol. The number of esters is 1. The molecule has 0 saturated heterocycles. The van der Waals surface area contributed by atoms with Crippen molar-refractivity contribution in [3.8, 4) is 0 Å². The van der Waals surface area contributed by atoms with Crippen LogP contribution in [0.5, 0.6) is 0 Å². The number of hydrogen-bond acceptors (Lipinski definition) is 2. The van der Waals surface area contributed by atoms with Crippen LogP contribution < -0.4 is 0 Å². The van der Waals surface area contributed by atoms with Gasteiger partial charge in [0.2, 0.25) is 6.10 Å². The number of benzene rings is 3. The lowest BCUT2D eigenvalue weighted by Crippen LogP contribution is -2.51. The molecule has 0 amide bonds. The quantitative estimate of drug-likeness (QED) is 0.209. The van der Waals surface area contributed by atoms with E-state index in [9.17, 15) is 39.9 Å². The van der Waals surface area contributed by atoms with Gasteiger partial charge in [-0.05, 0) is 48.5 Å². The molecule has 1 fully saturated rings. The maximum atomic E-state index is 13.8. The summed E-state index contributed by atoms with van der Waals surface area (Å²) in [6.07, 6.45) is -4.35. The summed E-state index contributed by atoms with van der Waals surface area (Å²) in [6, 6.07) is 23.3. The topological polar surface area (TPSA) is 26.3 Å². The minimum Gasteiger partial charge on any atom is -0.445 e. The van der Waals surface area contributed by atoms with Crippen molar-refractivity contribution in [3.05, 3.63) is 90.5 Å². The van der Waals surface area contributed by atoms with E-state index in [4.69, 9.17) is 0 Å². The summed E-state index contributed by atoms with van der Waals surface area (Å²) in [6.45, 7) is 0. The summed E-state index contributed by atoms with van der Waals surface area (Å²) < 4.78 is 113. The fourth-order valence-electron chi connectivity index (χ4n) is 3.55. The highest BCUT2D eigenvalue weighted by Gasteiger charge is 2.95. The molecule has 35 heavy (non-hydrogen) atoms. The normalized spacial score (nSPS) is 20.0. The fraction of sp³-hybridized carbons (Fsp3) is 0.208. The van der Waals surface area contributed by atoms with Gasteiger partial charge >= 0.3 is 29.7 Å². The van der Waals surface area contributed by atoms with Gasteiger partial charge in [-0.2, -0.15) is 35.1 Å². The van der Waals surface area contributed by atoms with Crippen LogP contribution in [0, 0.1) is 0 Å². The second-order valence-electron chi connectivity index (χ2n) is 7.64. The molecule has 0 atom stereocenters. The number of carbonyl (C=O) groups is 1. The Bertz CT molecular complexity index is 1140. The van der Waals surface area contributed by atoms with Gasteiger partial charge in [0.25, 0.3) is 0 Å². The van der Waals surface area contributed by atoms with Gasteiger partial charge in [0.05, 0.1) is 16.5 Å². The summed E-state index contributed by atoms with van der Waals surface area (Å²) in [5.41, 5.74) is -0.552. The second kappa shape index (κ2) is 8.54. The van der Waals surface area contributed by atoms with Crippen LogP contribution in [0.3, 0.4) is 0 Å². The van der Waals surface area contributed by atoms with Crippen molar-refractivity contribution in [3.63, 3.8) is 0 Å². The maximum absolute atomic E-state index is 13.8. The molecule has 0 radical (unpaired) electrons. The number of hydrogen-bond donors (Lipinski definition) is 0. The molecule has 184 valence electrons. The standard InChI is InChI=1S/C24H15F8O2S/c25-21(26)20(22(27,28)24(31,32)23(21,29)30)34-19(33)15-11-13-18(14-12-15)35(16-7-3-1-4-8-16)17-9-5-2-6-10-17/h1-14,20H/q+1. The molecule has 1 saturated carbocycles. The zero-order valence-corrected chi connectivity index (χ0v) is 18.2. The van der Waals surface area contributed by atoms with Gasteiger partial charge in [0.15, 0.2) is 14.7 Å². The van der Waals surface area contributed by atoms with E-state index in [0.29, 0.717) is 4.90 Å². The van der Waals surface area contributed by atoms with E-state index in [1.807, 2.05) is 60.7 Å². The third-order valence-electron chi connectivity index (χ3n) is 5.40. The van der Waals surface area contributed by atoms with Crippen molar-refractivity contribution in [2.24, 2.45) is 0 Å². The Morgan fingerprint density at radius 3 is 1.37 bits per heavy atom. The Morgan fingerprint density at radius 1 is 0.600 bits per heavy atom. The van der Waals surface area contributed by atoms with Crippen LogP contribution in [0.1, 0.15) is 10.4 Å². The smallest absolute Gasteiger partial charge is 0.382 e. The number of alkyl halides is 8. The van der Waals surface area contributed by atoms with E-state index in [0.717, 1.165) is 21.9 Å². The minimum absolute atomic E-state index is 0.552. The number of halogens is 8. The van der Waals surface area contributed by atoms with Gasteiger partial charge in [-0.25, -0.2) is 4.79 Å². The molecule has 1 aliphatic carbocycles. The van der Waals surface area contributed by atoms with Crippen LogP contribution in [-0.4, -0.2) is 35.8 Å². The van der Waals surface area contributed by atoms with Crippen molar-refractivity contribution in [1.29, 1.82) is 0 Å². The molecule has 0 bridgehead atoms. The summed E-state index contributed by atoms with van der Waals surface area (Å²) in [7, 11) is -0.676. The Balaban J connectivity index is 1.63. The predicted molar refractivity (Wildman–Crippen MR) is 110 cm³/mol. The van der Waals surface area contributed by atoms with Crippen molar-refractivity contribution in [2.45, 2.75) is 44.5 Å². The number of carbonyl (C=O) groups excluding carboxylic acids is 1. The third-order valence-corrected chi connectivity index (χ3v) is 7.63. The Morgan fingerprint density at radius 2 is 0.971 bits per heavy atom. The van der Waals surface area contributed by atoms with Crippen LogP contribution in [0.4, 0.5) is 35.1 Å². The first-order valence-electron chi connectivity index (χ1n) is 9.99. The largest absolute Gasteiger partial charge is 0.445 e. The third kappa shape index (κ3) is 3.85. The van der Waals surface area contributed by atoms with Crippen molar-refractivity contribution in [2.75, 3.05) is 0 Å². The Labute approximate surface area is 196 Å². The van der Waals surface area contributed by atoms with Crippen LogP contribution in [0.25, 0.3) is 0 Å². The Hall–Kier alpha value is -3.08. The van der Waals surface area contributed by atoms with E-state index in [-0.39, 0.29) is 0 Å². The summed E-state index contributed by atoms with van der Waals surface area (Å²) in [4.78, 5) is 14.7. The highest BCUT2D eigenvalue weighted by molar-refractivity contribution is 7.97. The van der Waals surface area contributed by atoms with E-state index >= 15 is 0 Å². The zero-order valence-electron chi connectivity index (χ0n) is 17.4. The summed E-state index contributed by atoms with van der Waals surface area (Å²) in [5.74, 6) is -26.7. The summed E-state index contributed by atoms with van der Waals surface area (Å²) in [5, 5.41) is 0. The van der Waals surface area contributed by atoms with Gasteiger partial charge in [0.1, 0.15) is 0 Å². The molecule has 11 heteroatoms. The lowest BCUT2D eigenvalue weighted by atomic mass is 10.2. The molecule has 1 aliphatic rings. The van der Waals surface area contributed by atoms with Crippen molar-refractivity contribution < 1.29 is 44.7 Å². The average molecular weight is 519 g/mol. The van der Waals surface area contributed by atoms with E-state index < -0.39 is 52.2 Å². The highest BCUT2D eigenvalue weighted by Crippen LogP contribution is 2.64. The SMILES string of the molecule is O=C(OC1C(F)(F)C(F)(F)C(F)(F)C1(F)F)c1ccc([S+](c2ccccc2)c2ccccc2)cc1. The first kappa shape index (κ1) is 25.0. The molecule has 3 aromatic carbocycles. The molecule has 4 rings (SSSR count). The zero-order chi connectivity index (χ0) is 25.6. The summed E-state index contributed by atoms with van der Waals surface area (Å²) >= 11 is 0. The van der Waals surface area contributed by atoms with Gasteiger partial charge in [-0.1, -0.05) is 36.4 Å². The van der Waals surface area contributed by atoms with E-state index in [1.54, 1.807) is 0 Å². The minimum atomic E-state index is -6.42. The van der Waals surface area contributed by atoms with E-state index in [2.05, 4.69) is 4.74 Å². The molecular formula is C24H15F8O2S+. The lowest BCUT2D eigenvalue weighted by molar-refractivity contribution is -0.303. The first-order chi connectivity index (χ1) is 16.3. The van der Waals surface area contributed by atoms with Crippen LogP contribution in [0.15, 0.2) is 99.6 Å². The van der Waals surface area contributed by atoms with Gasteiger partial charge in [-0.15, -0.1) is 0 Å². The van der Waals surface area contributed by atoms with Crippen molar-refractivity contribution in [1.82, 2.24) is 0 Å². The highest BCUT2D eigenvalue weighted by atomic mass is 32.2. The van der Waals surface area contributed by atoms with E-state index in [1.165, 1.54) is 12.1 Å². The van der Waals surface area contributed by atoms with Gasteiger partial charge < -0.3 is 4.74 Å². The average Bonchev–Trinajstić information content (AvgIpc) is 2.89. The lowest BCUT2D eigenvalue weighted by Gasteiger charge is -2.23. The van der Waals surface area contributed by atoms with Crippen LogP contribution in [-0.2, 0) is 15.6 Å². The maximum Gasteiger partial charge on any atom is 0.382 e. The fourth-order valence-corrected chi connectivity index (χ4v) is 5.63. The predicted octanol–water partition coefficient (Wildman–Crippen LogP) is 6.86. The molecule has 0 aromatic heterocycles. The van der Waals surface area contributed by atoms with Gasteiger partial charge in [0, 0.05) is 0 Å². The van der Waals surface area contributed by atoms with Crippen molar-refractivity contribution >= 4 is 16.9 Å². The molecule has 0 heterocycles. The molecule has 0 unspecified atom stereocenters. The second-order valence-corrected chi connectivity index (χ2v) is 9.66. The van der Waals surface area contributed by atoms with Crippen LogP contribution >= 0.6 is 0 Å². The van der Waals surface area contributed by atoms with Crippen LogP contribution in [0.2, 0.25) is 0 Å². The first-order valence-corrected chi connectivity index (χ1v) is 11.2. The molecule has 2 nitrogen and oxygen atoms in total. The Kier molecular flexibility index (Phi) is 6.11. The number of rotatable bonds is 5. The molecule has 0 N–H and O–H groups in total. The molecule has 0 aliphatic heterocycles.